The third-order valence-electron chi connectivity index (χ3n) is 11.1. The van der Waals surface area contributed by atoms with E-state index < -0.39 is 0 Å². The van der Waals surface area contributed by atoms with Crippen molar-refractivity contribution >= 4 is 87.4 Å². The van der Waals surface area contributed by atoms with Crippen LogP contribution in [0.3, 0.4) is 0 Å². The molecule has 4 heteroatoms. The molecular formula is C54H37N3S. The van der Waals surface area contributed by atoms with Crippen molar-refractivity contribution in [2.24, 2.45) is 0 Å². The number of nitrogens with zero attached hydrogens (tertiary/aromatic N) is 3. The number of anilines is 6. The van der Waals surface area contributed by atoms with Crippen LogP contribution in [0.1, 0.15) is 0 Å². The molecule has 0 bridgehead atoms. The normalized spacial score (nSPS) is 11.4. The smallest absolute Gasteiger partial charge is 0.0583 e. The maximum atomic E-state index is 2.44. The van der Waals surface area contributed by atoms with E-state index in [-0.39, 0.29) is 0 Å². The highest BCUT2D eigenvalue weighted by Crippen LogP contribution is 2.49. The Morgan fingerprint density at radius 1 is 0.328 bits per heavy atom. The molecule has 11 rings (SSSR count). The summed E-state index contributed by atoms with van der Waals surface area (Å²) in [6.45, 7) is 0. The number of fused-ring (bicyclic) bond motifs is 6. The van der Waals surface area contributed by atoms with Crippen molar-refractivity contribution in [2.75, 3.05) is 9.80 Å². The molecule has 274 valence electrons. The van der Waals surface area contributed by atoms with Crippen LogP contribution in [-0.2, 0) is 0 Å². The van der Waals surface area contributed by atoms with Crippen molar-refractivity contribution in [3.8, 4) is 16.8 Å². The molecule has 0 aliphatic heterocycles. The number of para-hydroxylation sites is 4. The molecule has 3 nitrogen and oxygen atoms in total. The number of benzene rings is 9. The Labute approximate surface area is 341 Å². The number of rotatable bonds is 8. The fraction of sp³-hybridized carbons (Fsp3) is 0. The topological polar surface area (TPSA) is 11.4 Å². The zero-order valence-electron chi connectivity index (χ0n) is 31.6. The van der Waals surface area contributed by atoms with E-state index in [0.717, 1.165) is 50.8 Å². The molecule has 0 saturated heterocycles. The molecule has 2 heterocycles. The fourth-order valence-corrected chi connectivity index (χ4v) is 9.68. The molecule has 0 amide bonds. The summed E-state index contributed by atoms with van der Waals surface area (Å²) >= 11 is 1.85. The van der Waals surface area contributed by atoms with E-state index in [1.54, 1.807) is 0 Å². The molecule has 9 aromatic carbocycles. The van der Waals surface area contributed by atoms with Crippen molar-refractivity contribution in [1.29, 1.82) is 0 Å². The minimum atomic E-state index is 1.07. The predicted molar refractivity (Wildman–Crippen MR) is 248 cm³/mol. The van der Waals surface area contributed by atoms with E-state index in [4.69, 9.17) is 0 Å². The van der Waals surface area contributed by atoms with Crippen LogP contribution in [0.5, 0.6) is 0 Å². The van der Waals surface area contributed by atoms with Crippen LogP contribution in [-0.4, -0.2) is 4.57 Å². The number of thiophene rings is 1. The lowest BCUT2D eigenvalue weighted by atomic mass is 10.0. The van der Waals surface area contributed by atoms with Crippen molar-refractivity contribution in [2.45, 2.75) is 0 Å². The molecule has 11 aromatic rings. The second-order valence-corrected chi connectivity index (χ2v) is 15.7. The van der Waals surface area contributed by atoms with Crippen LogP contribution in [0.15, 0.2) is 224 Å². The van der Waals surface area contributed by atoms with Gasteiger partial charge in [0.2, 0.25) is 0 Å². The van der Waals surface area contributed by atoms with Gasteiger partial charge >= 0.3 is 0 Å². The Hall–Kier alpha value is -7.40. The molecule has 0 spiro atoms. The first-order valence-corrected chi connectivity index (χ1v) is 20.5. The van der Waals surface area contributed by atoms with E-state index in [1.165, 1.54) is 42.1 Å². The highest BCUT2D eigenvalue weighted by atomic mass is 32.1. The molecule has 0 aliphatic carbocycles. The summed E-state index contributed by atoms with van der Waals surface area (Å²) < 4.78 is 5.01. The van der Waals surface area contributed by atoms with E-state index in [9.17, 15) is 0 Å². The third-order valence-corrected chi connectivity index (χ3v) is 12.3. The molecule has 2 aromatic heterocycles. The third kappa shape index (κ3) is 5.82. The Bertz CT molecular complexity index is 3170. The Morgan fingerprint density at radius 3 is 1.53 bits per heavy atom. The fourth-order valence-electron chi connectivity index (χ4n) is 8.54. The summed E-state index contributed by atoms with van der Waals surface area (Å²) in [5, 5.41) is 4.97. The summed E-state index contributed by atoms with van der Waals surface area (Å²) in [6.07, 6.45) is 0. The van der Waals surface area contributed by atoms with Gasteiger partial charge in [-0.2, -0.15) is 0 Å². The minimum absolute atomic E-state index is 1.07. The molecule has 0 N–H and O–H groups in total. The van der Waals surface area contributed by atoms with Crippen molar-refractivity contribution in [1.82, 2.24) is 4.57 Å². The standard InChI is InChI=1S/C54H37N3S/c1-5-17-38(18-6-1)39-29-31-43(32-30-39)57-49-27-15-13-26-48(49)54-50(56(41-21-9-3-10-22-41)42-23-11-4-12-24-42)35-45(36-51(54)57)55(40-19-7-2-8-20-40)44-33-34-47-46-25-14-16-28-52(46)58-53(47)37-44/h1-37H. The number of hydrogen-bond acceptors (Lipinski definition) is 3. The Kier molecular flexibility index (Phi) is 8.34. The first-order chi connectivity index (χ1) is 28.8. The monoisotopic (exact) mass is 759 g/mol. The van der Waals surface area contributed by atoms with E-state index in [1.807, 2.05) is 11.3 Å². The summed E-state index contributed by atoms with van der Waals surface area (Å²) in [6, 6.07) is 81.2. The van der Waals surface area contributed by atoms with Crippen LogP contribution < -0.4 is 9.80 Å². The second-order valence-electron chi connectivity index (χ2n) is 14.6. The maximum Gasteiger partial charge on any atom is 0.0583 e. The lowest BCUT2D eigenvalue weighted by Crippen LogP contribution is -2.14. The summed E-state index contributed by atoms with van der Waals surface area (Å²) in [7, 11) is 0. The Morgan fingerprint density at radius 2 is 0.862 bits per heavy atom. The molecule has 0 radical (unpaired) electrons. The average molecular weight is 760 g/mol. The van der Waals surface area contributed by atoms with Gasteiger partial charge in [0.25, 0.3) is 0 Å². The highest BCUT2D eigenvalue weighted by molar-refractivity contribution is 7.25. The van der Waals surface area contributed by atoms with E-state index >= 15 is 0 Å². The van der Waals surface area contributed by atoms with Gasteiger partial charge in [-0.1, -0.05) is 140 Å². The van der Waals surface area contributed by atoms with Crippen LogP contribution in [0.2, 0.25) is 0 Å². The van der Waals surface area contributed by atoms with Gasteiger partial charge in [0.1, 0.15) is 0 Å². The van der Waals surface area contributed by atoms with E-state index in [2.05, 4.69) is 239 Å². The van der Waals surface area contributed by atoms with Crippen LogP contribution in [0.4, 0.5) is 34.1 Å². The Balaban J connectivity index is 1.23. The van der Waals surface area contributed by atoms with Gasteiger partial charge in [-0.15, -0.1) is 11.3 Å². The van der Waals surface area contributed by atoms with Gasteiger partial charge in [0, 0.05) is 59.4 Å². The van der Waals surface area contributed by atoms with Crippen molar-refractivity contribution in [3.63, 3.8) is 0 Å². The average Bonchev–Trinajstić information content (AvgIpc) is 3.83. The largest absolute Gasteiger partial charge is 0.310 e. The summed E-state index contributed by atoms with van der Waals surface area (Å²) in [4.78, 5) is 4.83. The molecule has 0 unspecified atom stereocenters. The van der Waals surface area contributed by atoms with Crippen LogP contribution in [0.25, 0.3) is 58.8 Å². The van der Waals surface area contributed by atoms with Gasteiger partial charge in [-0.3, -0.25) is 0 Å². The van der Waals surface area contributed by atoms with Crippen LogP contribution >= 0.6 is 11.3 Å². The number of aromatic nitrogens is 1. The molecule has 0 fully saturated rings. The lowest BCUT2D eigenvalue weighted by Gasteiger charge is -2.30. The summed E-state index contributed by atoms with van der Waals surface area (Å²) in [5.41, 5.74) is 12.3. The lowest BCUT2D eigenvalue weighted by molar-refractivity contribution is 1.17. The van der Waals surface area contributed by atoms with Gasteiger partial charge in [0.15, 0.2) is 0 Å². The molecule has 0 atom stereocenters. The van der Waals surface area contributed by atoms with Gasteiger partial charge in [-0.05, 0) is 96.1 Å². The van der Waals surface area contributed by atoms with Crippen LogP contribution in [0, 0.1) is 0 Å². The first kappa shape index (κ1) is 33.9. The SMILES string of the molecule is c1ccc(-c2ccc(-n3c4ccccc4c4c(N(c5ccccc5)c5ccccc5)cc(N(c5ccccc5)c5ccc6c(c5)sc5ccccc56)cc43)cc2)cc1. The van der Waals surface area contributed by atoms with Crippen molar-refractivity contribution < 1.29 is 0 Å². The quantitative estimate of drug-likeness (QED) is 0.153. The van der Waals surface area contributed by atoms with Gasteiger partial charge < -0.3 is 14.4 Å². The predicted octanol–water partition coefficient (Wildman–Crippen LogP) is 15.8. The highest BCUT2D eigenvalue weighted by Gasteiger charge is 2.25. The second kappa shape index (κ2) is 14.3. The molecule has 58 heavy (non-hydrogen) atoms. The van der Waals surface area contributed by atoms with Crippen molar-refractivity contribution in [3.05, 3.63) is 224 Å². The summed E-state index contributed by atoms with van der Waals surface area (Å²) in [5.74, 6) is 0. The zero-order valence-corrected chi connectivity index (χ0v) is 32.4. The van der Waals surface area contributed by atoms with Gasteiger partial charge in [0.05, 0.1) is 22.4 Å². The van der Waals surface area contributed by atoms with Gasteiger partial charge in [-0.25, -0.2) is 0 Å². The zero-order chi connectivity index (χ0) is 38.4. The minimum Gasteiger partial charge on any atom is -0.310 e. The molecule has 0 aliphatic rings. The van der Waals surface area contributed by atoms with E-state index in [0.29, 0.717) is 0 Å². The first-order valence-electron chi connectivity index (χ1n) is 19.7. The molecular weight excluding hydrogens is 723 g/mol. The number of hydrogen-bond donors (Lipinski definition) is 0. The molecule has 0 saturated carbocycles. The maximum absolute atomic E-state index is 2.44.